The van der Waals surface area contributed by atoms with Gasteiger partial charge in [-0.25, -0.2) is 4.79 Å². The highest BCUT2D eigenvalue weighted by Crippen LogP contribution is 2.76. The number of hydrogen-bond donors (Lipinski definition) is 3. The molecule has 3 unspecified atom stereocenters. The van der Waals surface area contributed by atoms with Gasteiger partial charge in [0.25, 0.3) is 0 Å². The van der Waals surface area contributed by atoms with E-state index in [1.807, 2.05) is 0 Å². The first-order valence-corrected chi connectivity index (χ1v) is 22.4. The molecule has 5 rings (SSSR count). The van der Waals surface area contributed by atoms with E-state index in [0.29, 0.717) is 37.6 Å². The van der Waals surface area contributed by atoms with E-state index in [2.05, 4.69) is 72.1 Å². The van der Waals surface area contributed by atoms with E-state index in [0.717, 1.165) is 89.9 Å². The quantitative estimate of drug-likeness (QED) is 0.0867. The predicted octanol–water partition coefficient (Wildman–Crippen LogP) is 10.2. The lowest BCUT2D eigenvalue weighted by atomic mass is 9.33. The number of carboxylic acid groups (broad SMARTS) is 1. The summed E-state index contributed by atoms with van der Waals surface area (Å²) in [5.41, 5.74) is 1.64. The van der Waals surface area contributed by atoms with Crippen molar-refractivity contribution in [2.75, 3.05) is 6.54 Å². The second-order valence-corrected chi connectivity index (χ2v) is 21.4. The number of carboxylic acids is 1. The summed E-state index contributed by atoms with van der Waals surface area (Å²) in [6.07, 6.45) is 19.2. The van der Waals surface area contributed by atoms with Crippen molar-refractivity contribution in [3.63, 3.8) is 0 Å². The smallest absolute Gasteiger partial charge is 0.326 e. The lowest BCUT2D eigenvalue weighted by molar-refractivity contribution is -0.213. The summed E-state index contributed by atoms with van der Waals surface area (Å²) in [6, 6.07) is -0.868. The molecular weight excluding hydrogens is 689 g/mol. The topological polar surface area (TPSA) is 122 Å². The van der Waals surface area contributed by atoms with Gasteiger partial charge in [0.1, 0.15) is 12.1 Å². The molecule has 9 atom stereocenters. The van der Waals surface area contributed by atoms with Crippen molar-refractivity contribution < 1.29 is 29.0 Å². The van der Waals surface area contributed by atoms with Crippen molar-refractivity contribution in [1.82, 2.24) is 10.6 Å². The van der Waals surface area contributed by atoms with Gasteiger partial charge in [-0.2, -0.15) is 0 Å². The van der Waals surface area contributed by atoms with E-state index >= 15 is 0 Å². The molecule has 0 aromatic heterocycles. The second kappa shape index (κ2) is 16.5. The third-order valence-corrected chi connectivity index (χ3v) is 16.9. The summed E-state index contributed by atoms with van der Waals surface area (Å²) < 4.78 is 6.29. The van der Waals surface area contributed by atoms with E-state index in [1.165, 1.54) is 6.42 Å². The molecular formula is C47H78N2O6. The van der Waals surface area contributed by atoms with Crippen LogP contribution in [0.15, 0.2) is 11.6 Å². The fourth-order valence-corrected chi connectivity index (χ4v) is 13.3. The van der Waals surface area contributed by atoms with Gasteiger partial charge < -0.3 is 20.5 Å². The highest BCUT2D eigenvalue weighted by molar-refractivity contribution is 5.84. The number of carbonyl (C=O) groups excluding carboxylic acids is 3. The standard InChI is InChI=1S/C47H78N2O6/c1-11-12-14-18-38(51)55-36-22-23-44(8)34(43(36,6)7)21-24-46(10)35(44)20-19-32-33-30-42(4,5)25-27-47(33,28-26-45(32,46)9)41(54)48-29-16-13-15-17-37(50)49-39(31(2)3)40(52)53/h19,31,33-36,39H,11-18,20-30H2,1-10H3,(H,48,54)(H,49,50)(H,52,53)/t33?,34?,35?,36-,39-,44-,45+,46+,47-/m0/s1. The third kappa shape index (κ3) is 8.18. The maximum Gasteiger partial charge on any atom is 0.326 e. The van der Waals surface area contributed by atoms with Crippen molar-refractivity contribution in [3.8, 4) is 0 Å². The number of unbranched alkanes of at least 4 members (excludes halogenated alkanes) is 4. The Bertz CT molecular complexity index is 1470. The summed E-state index contributed by atoms with van der Waals surface area (Å²) in [5.74, 6) is 0.0923. The molecule has 0 radical (unpaired) electrons. The maximum atomic E-state index is 14.5. The minimum Gasteiger partial charge on any atom is -0.480 e. The molecule has 0 bridgehead atoms. The van der Waals surface area contributed by atoms with Crippen LogP contribution in [-0.4, -0.2) is 47.6 Å². The van der Waals surface area contributed by atoms with E-state index in [1.54, 1.807) is 19.4 Å². The van der Waals surface area contributed by atoms with Crippen molar-refractivity contribution in [1.29, 1.82) is 0 Å². The molecule has 5 aliphatic rings. The number of aliphatic carboxylic acids is 1. The van der Waals surface area contributed by atoms with Crippen molar-refractivity contribution in [2.24, 2.45) is 56.2 Å². The van der Waals surface area contributed by atoms with Crippen LogP contribution in [0.3, 0.4) is 0 Å². The molecule has 55 heavy (non-hydrogen) atoms. The van der Waals surface area contributed by atoms with Crippen molar-refractivity contribution in [2.45, 2.75) is 197 Å². The average Bonchev–Trinajstić information content (AvgIpc) is 3.09. The first-order valence-electron chi connectivity index (χ1n) is 22.4. The van der Waals surface area contributed by atoms with Crippen LogP contribution in [0.1, 0.15) is 185 Å². The van der Waals surface area contributed by atoms with Gasteiger partial charge in [-0.3, -0.25) is 14.4 Å². The molecule has 312 valence electrons. The average molecular weight is 767 g/mol. The van der Waals surface area contributed by atoms with Gasteiger partial charge in [0.2, 0.25) is 11.8 Å². The zero-order chi connectivity index (χ0) is 40.6. The normalized spacial score (nSPS) is 36.5. The van der Waals surface area contributed by atoms with Gasteiger partial charge in [0.15, 0.2) is 0 Å². The van der Waals surface area contributed by atoms with Crippen LogP contribution in [0.2, 0.25) is 0 Å². The first-order chi connectivity index (χ1) is 25.7. The molecule has 0 aromatic carbocycles. The number of carbonyl (C=O) groups is 4. The van der Waals surface area contributed by atoms with Gasteiger partial charge in [0, 0.05) is 24.8 Å². The van der Waals surface area contributed by atoms with Crippen LogP contribution in [0.5, 0.6) is 0 Å². The summed E-state index contributed by atoms with van der Waals surface area (Å²) in [6.45, 7) is 23.7. The number of allylic oxidation sites excluding steroid dienone is 2. The molecule has 5 aliphatic carbocycles. The SMILES string of the molecule is CCCCCC(=O)O[C@H]1CC[C@@]2(C)C(CC[C@]3(C)C2CC=C2C4CC(C)(C)CC[C@]4(C(=O)NCCCCCC(=O)N[C@H](C(=O)O)C(C)C)CC[C@]23C)C1(C)C. The Balaban J connectivity index is 1.28. The predicted molar refractivity (Wildman–Crippen MR) is 219 cm³/mol. The maximum absolute atomic E-state index is 14.5. The Morgan fingerprint density at radius 1 is 0.836 bits per heavy atom. The van der Waals surface area contributed by atoms with Crippen LogP contribution in [0.4, 0.5) is 0 Å². The number of fused-ring (bicyclic) bond motifs is 7. The molecule has 2 amide bonds. The summed E-state index contributed by atoms with van der Waals surface area (Å²) in [4.78, 5) is 51.3. The van der Waals surface area contributed by atoms with Gasteiger partial charge in [-0.15, -0.1) is 0 Å². The van der Waals surface area contributed by atoms with Crippen LogP contribution >= 0.6 is 0 Å². The van der Waals surface area contributed by atoms with Crippen LogP contribution in [0.25, 0.3) is 0 Å². The Morgan fingerprint density at radius 3 is 2.20 bits per heavy atom. The molecule has 4 fully saturated rings. The molecule has 8 heteroatoms. The molecule has 0 aliphatic heterocycles. The number of nitrogens with one attached hydrogen (secondary N) is 2. The minimum absolute atomic E-state index is 0.0162. The second-order valence-electron chi connectivity index (χ2n) is 21.4. The van der Waals surface area contributed by atoms with Crippen LogP contribution in [0, 0.1) is 56.2 Å². The first kappa shape index (κ1) is 43.7. The Hall–Kier alpha value is -2.38. The van der Waals surface area contributed by atoms with Crippen LogP contribution < -0.4 is 10.6 Å². The molecule has 0 spiro atoms. The molecule has 3 N–H and O–H groups in total. The number of amides is 2. The molecule has 0 saturated heterocycles. The van der Waals surface area contributed by atoms with E-state index in [-0.39, 0.29) is 68.2 Å². The third-order valence-electron chi connectivity index (χ3n) is 16.9. The van der Waals surface area contributed by atoms with Gasteiger partial charge in [-0.1, -0.05) is 100 Å². The van der Waals surface area contributed by atoms with Gasteiger partial charge in [-0.05, 0) is 129 Å². The highest BCUT2D eigenvalue weighted by Gasteiger charge is 2.69. The van der Waals surface area contributed by atoms with Gasteiger partial charge in [0.05, 0.1) is 5.41 Å². The van der Waals surface area contributed by atoms with E-state index in [4.69, 9.17) is 4.74 Å². The summed E-state index contributed by atoms with van der Waals surface area (Å²) in [5, 5.41) is 15.5. The zero-order valence-corrected chi connectivity index (χ0v) is 36.5. The molecule has 8 nitrogen and oxygen atoms in total. The lowest BCUT2D eigenvalue weighted by Gasteiger charge is -2.71. The van der Waals surface area contributed by atoms with E-state index in [9.17, 15) is 24.3 Å². The van der Waals surface area contributed by atoms with Crippen LogP contribution in [-0.2, 0) is 23.9 Å². The number of rotatable bonds is 15. The summed E-state index contributed by atoms with van der Waals surface area (Å²) >= 11 is 0. The number of ether oxygens (including phenoxy) is 1. The Labute approximate surface area is 333 Å². The largest absolute Gasteiger partial charge is 0.480 e. The minimum atomic E-state index is -1.00. The fourth-order valence-electron chi connectivity index (χ4n) is 13.3. The van der Waals surface area contributed by atoms with Gasteiger partial charge >= 0.3 is 11.9 Å². The van der Waals surface area contributed by atoms with Crippen molar-refractivity contribution in [3.05, 3.63) is 11.6 Å². The summed E-state index contributed by atoms with van der Waals surface area (Å²) in [7, 11) is 0. The zero-order valence-electron chi connectivity index (χ0n) is 36.5. The molecule has 0 heterocycles. The monoisotopic (exact) mass is 767 g/mol. The van der Waals surface area contributed by atoms with Crippen molar-refractivity contribution >= 4 is 23.8 Å². The number of hydrogen-bond acceptors (Lipinski definition) is 5. The van der Waals surface area contributed by atoms with E-state index < -0.39 is 12.0 Å². The Kier molecular flexibility index (Phi) is 13.1. The fraction of sp³-hybridized carbons (Fsp3) is 0.872. The highest BCUT2D eigenvalue weighted by atomic mass is 16.5. The Morgan fingerprint density at radius 2 is 1.53 bits per heavy atom. The number of esters is 1. The lowest BCUT2D eigenvalue weighted by Crippen LogP contribution is -2.65. The molecule has 4 saturated carbocycles. The molecule has 0 aromatic rings.